The summed E-state index contributed by atoms with van der Waals surface area (Å²) in [5.74, 6) is 0.783. The average molecular weight is 395 g/mol. The van der Waals surface area contributed by atoms with E-state index in [1.165, 1.54) is 43.2 Å². The number of hydrogen-bond acceptors (Lipinski definition) is 3. The highest BCUT2D eigenvalue weighted by atomic mass is 16.3. The number of allylic oxidation sites excluding steroid dienone is 1. The van der Waals surface area contributed by atoms with E-state index in [0.717, 1.165) is 49.9 Å². The first-order valence-electron chi connectivity index (χ1n) is 11.5. The highest BCUT2D eigenvalue weighted by Gasteiger charge is 2.06. The molecule has 1 unspecified atom stereocenters. The van der Waals surface area contributed by atoms with Crippen LogP contribution in [0.3, 0.4) is 0 Å². The van der Waals surface area contributed by atoms with Crippen molar-refractivity contribution in [2.75, 3.05) is 0 Å². The zero-order valence-corrected chi connectivity index (χ0v) is 18.3. The summed E-state index contributed by atoms with van der Waals surface area (Å²) >= 11 is 0. The number of rotatable bonds is 14. The molecule has 2 rings (SSSR count). The van der Waals surface area contributed by atoms with Gasteiger partial charge in [-0.3, -0.25) is 0 Å². The lowest BCUT2D eigenvalue weighted by Gasteiger charge is -2.10. The van der Waals surface area contributed by atoms with Crippen molar-refractivity contribution in [2.45, 2.75) is 90.6 Å². The summed E-state index contributed by atoms with van der Waals surface area (Å²) in [5.41, 5.74) is 3.76. The molecule has 158 valence electrons. The fourth-order valence-electron chi connectivity index (χ4n) is 3.57. The van der Waals surface area contributed by atoms with Crippen LogP contribution in [0.2, 0.25) is 0 Å². The maximum Gasteiger partial charge on any atom is 0.159 e. The Kier molecular flexibility index (Phi) is 11.3. The Morgan fingerprint density at radius 2 is 1.72 bits per heavy atom. The maximum atomic E-state index is 9.42. The Hall–Kier alpha value is -2.00. The van der Waals surface area contributed by atoms with E-state index in [2.05, 4.69) is 47.2 Å². The summed E-state index contributed by atoms with van der Waals surface area (Å²) in [4.78, 5) is 8.80. The van der Waals surface area contributed by atoms with Gasteiger partial charge in [-0.15, -0.1) is 0 Å². The average Bonchev–Trinajstić information content (AvgIpc) is 2.74. The third-order valence-corrected chi connectivity index (χ3v) is 5.31. The highest BCUT2D eigenvalue weighted by molar-refractivity contribution is 5.64. The smallest absolute Gasteiger partial charge is 0.159 e. The quantitative estimate of drug-likeness (QED) is 0.351. The molecule has 0 saturated carbocycles. The molecule has 1 atom stereocenters. The van der Waals surface area contributed by atoms with E-state index in [1.54, 1.807) is 12.4 Å². The molecular formula is C26H38N2O. The highest BCUT2D eigenvalue weighted by Crippen LogP contribution is 2.23. The zero-order chi connectivity index (χ0) is 20.7. The monoisotopic (exact) mass is 394 g/mol. The minimum atomic E-state index is -0.184. The van der Waals surface area contributed by atoms with Crippen LogP contribution in [0.5, 0.6) is 0 Å². The summed E-state index contributed by atoms with van der Waals surface area (Å²) in [6, 6.07) is 8.46. The Morgan fingerprint density at radius 3 is 2.48 bits per heavy atom. The van der Waals surface area contributed by atoms with Crippen molar-refractivity contribution in [3.8, 4) is 11.4 Å². The van der Waals surface area contributed by atoms with Crippen molar-refractivity contribution < 1.29 is 5.11 Å². The van der Waals surface area contributed by atoms with Gasteiger partial charge in [-0.25, -0.2) is 9.97 Å². The van der Waals surface area contributed by atoms with Gasteiger partial charge in [-0.1, -0.05) is 69.7 Å². The predicted molar refractivity (Wildman–Crippen MR) is 124 cm³/mol. The van der Waals surface area contributed by atoms with E-state index in [-0.39, 0.29) is 6.10 Å². The van der Waals surface area contributed by atoms with Crippen LogP contribution in [0.15, 0.2) is 42.7 Å². The van der Waals surface area contributed by atoms with Gasteiger partial charge in [0.25, 0.3) is 0 Å². The molecule has 2 aromatic rings. The number of nitrogens with zero attached hydrogens (tertiary/aromatic N) is 2. The number of aromatic nitrogens is 2. The van der Waals surface area contributed by atoms with Crippen LogP contribution in [0.1, 0.15) is 89.2 Å². The van der Waals surface area contributed by atoms with Gasteiger partial charge < -0.3 is 5.11 Å². The number of hydrogen-bond donors (Lipinski definition) is 1. The van der Waals surface area contributed by atoms with Crippen LogP contribution >= 0.6 is 0 Å². The minimum Gasteiger partial charge on any atom is -0.393 e. The van der Waals surface area contributed by atoms with Crippen LogP contribution in [-0.4, -0.2) is 21.2 Å². The fourth-order valence-corrected chi connectivity index (χ4v) is 3.57. The van der Waals surface area contributed by atoms with Crippen molar-refractivity contribution in [3.05, 3.63) is 53.9 Å². The molecule has 0 bridgehead atoms. The van der Waals surface area contributed by atoms with Gasteiger partial charge in [-0.2, -0.15) is 0 Å². The molecule has 29 heavy (non-hydrogen) atoms. The molecule has 0 aliphatic rings. The summed E-state index contributed by atoms with van der Waals surface area (Å²) in [7, 11) is 0. The third-order valence-electron chi connectivity index (χ3n) is 5.31. The molecule has 0 aliphatic heterocycles. The standard InChI is InChI=1S/C26H38N2O/c1-3-4-5-6-7-8-11-16-24-21-25(26-27-19-13-20-28-26)18-17-23(24)15-12-9-10-14-22(2)29/h11,13,16-22,29H,3-10,12,14-15H2,1-2H3. The topological polar surface area (TPSA) is 46.0 Å². The lowest BCUT2D eigenvalue weighted by atomic mass is 9.97. The van der Waals surface area contributed by atoms with E-state index in [4.69, 9.17) is 0 Å². The number of aliphatic hydroxyl groups is 1. The van der Waals surface area contributed by atoms with Crippen LogP contribution in [-0.2, 0) is 6.42 Å². The van der Waals surface area contributed by atoms with Crippen molar-refractivity contribution in [3.63, 3.8) is 0 Å². The van der Waals surface area contributed by atoms with Gasteiger partial charge in [0.2, 0.25) is 0 Å². The van der Waals surface area contributed by atoms with Crippen molar-refractivity contribution >= 4 is 6.08 Å². The SMILES string of the molecule is CCCCCCCC=Cc1cc(-c2ncccn2)ccc1CCCCCC(C)O. The largest absolute Gasteiger partial charge is 0.393 e. The number of unbranched alkanes of at least 4 members (excludes halogenated alkanes) is 7. The molecule has 3 heteroatoms. The van der Waals surface area contributed by atoms with Gasteiger partial charge >= 0.3 is 0 Å². The fraction of sp³-hybridized carbons (Fsp3) is 0.538. The van der Waals surface area contributed by atoms with Crippen LogP contribution in [0.25, 0.3) is 17.5 Å². The third kappa shape index (κ3) is 9.36. The molecule has 1 aromatic heterocycles. The van der Waals surface area contributed by atoms with E-state index < -0.39 is 0 Å². The van der Waals surface area contributed by atoms with Gasteiger partial charge in [0, 0.05) is 18.0 Å². The number of benzene rings is 1. The Morgan fingerprint density at radius 1 is 0.966 bits per heavy atom. The van der Waals surface area contributed by atoms with Crippen LogP contribution in [0.4, 0.5) is 0 Å². The summed E-state index contributed by atoms with van der Waals surface area (Å²) in [5, 5.41) is 9.42. The first-order valence-corrected chi connectivity index (χ1v) is 11.5. The molecule has 0 spiro atoms. The van der Waals surface area contributed by atoms with E-state index in [9.17, 15) is 5.11 Å². The molecule has 0 aliphatic carbocycles. The second-order valence-electron chi connectivity index (χ2n) is 8.04. The van der Waals surface area contributed by atoms with E-state index in [1.807, 2.05) is 13.0 Å². The van der Waals surface area contributed by atoms with Crippen LogP contribution < -0.4 is 0 Å². The predicted octanol–water partition coefficient (Wildman–Crippen LogP) is 7.00. The van der Waals surface area contributed by atoms with Crippen molar-refractivity contribution in [1.82, 2.24) is 9.97 Å². The molecule has 0 fully saturated rings. The molecule has 1 N–H and O–H groups in total. The molecule has 1 heterocycles. The molecule has 0 saturated heterocycles. The first-order chi connectivity index (χ1) is 14.2. The first kappa shape index (κ1) is 23.3. The second kappa shape index (κ2) is 14.1. The zero-order valence-electron chi connectivity index (χ0n) is 18.3. The number of aryl methyl sites for hydroxylation is 1. The summed E-state index contributed by atoms with van der Waals surface area (Å²) in [6.45, 7) is 4.13. The summed E-state index contributed by atoms with van der Waals surface area (Å²) < 4.78 is 0. The molecule has 3 nitrogen and oxygen atoms in total. The Balaban J connectivity index is 2.00. The van der Waals surface area contributed by atoms with E-state index >= 15 is 0 Å². The second-order valence-corrected chi connectivity index (χ2v) is 8.04. The van der Waals surface area contributed by atoms with Crippen LogP contribution in [0, 0.1) is 0 Å². The summed E-state index contributed by atoms with van der Waals surface area (Å²) in [6.07, 6.45) is 21.1. The maximum absolute atomic E-state index is 9.42. The minimum absolute atomic E-state index is 0.184. The van der Waals surface area contributed by atoms with Gasteiger partial charge in [0.1, 0.15) is 0 Å². The van der Waals surface area contributed by atoms with Crippen molar-refractivity contribution in [2.24, 2.45) is 0 Å². The molecule has 0 amide bonds. The molecule has 0 radical (unpaired) electrons. The Bertz CT molecular complexity index is 710. The molecular weight excluding hydrogens is 356 g/mol. The lowest BCUT2D eigenvalue weighted by Crippen LogP contribution is -1.99. The number of aliphatic hydroxyl groups excluding tert-OH is 1. The van der Waals surface area contributed by atoms with Gasteiger partial charge in [0.15, 0.2) is 5.82 Å². The van der Waals surface area contributed by atoms with E-state index in [0.29, 0.717) is 0 Å². The van der Waals surface area contributed by atoms with Gasteiger partial charge in [-0.05, 0) is 62.3 Å². The Labute approximate surface area is 177 Å². The van der Waals surface area contributed by atoms with Gasteiger partial charge in [0.05, 0.1) is 6.10 Å². The van der Waals surface area contributed by atoms with Crippen molar-refractivity contribution in [1.29, 1.82) is 0 Å². The molecule has 1 aromatic carbocycles. The lowest BCUT2D eigenvalue weighted by molar-refractivity contribution is 0.180. The normalized spacial score (nSPS) is 12.5.